The Morgan fingerprint density at radius 3 is 2.14 bits per heavy atom. The Labute approximate surface area is 43.8 Å². The van der Waals surface area contributed by atoms with E-state index in [2.05, 4.69) is 6.92 Å². The van der Waals surface area contributed by atoms with Gasteiger partial charge in [0.1, 0.15) is 0 Å². The normalized spacial score (nSPS) is 15.0. The molecule has 0 saturated heterocycles. The molecule has 43 valence electrons. The summed E-state index contributed by atoms with van der Waals surface area (Å²) in [6.45, 7) is 5.06. The van der Waals surface area contributed by atoms with E-state index in [9.17, 15) is 0 Å². The molecule has 2 N–H and O–H groups in total. The summed E-state index contributed by atoms with van der Waals surface area (Å²) in [6.07, 6.45) is -0.653. The zero-order valence-corrected chi connectivity index (χ0v) is 4.46. The van der Waals surface area contributed by atoms with Crippen LogP contribution in [-0.2, 0) is 0 Å². The molecule has 0 heterocycles. The third kappa shape index (κ3) is 2.60. The highest BCUT2D eigenvalue weighted by molar-refractivity contribution is 4.63. The standard InChI is InChI=1S/C5H11O2/c1-4(2)5(7)3-6/h4-7H,1,3H2,2H3. The fourth-order valence-electron chi connectivity index (χ4n) is 0.180. The molecule has 0 aromatic carbocycles. The van der Waals surface area contributed by atoms with Crippen LogP contribution in [-0.4, -0.2) is 22.9 Å². The lowest BCUT2D eigenvalue weighted by Crippen LogP contribution is -2.18. The van der Waals surface area contributed by atoms with Gasteiger partial charge in [-0.2, -0.15) is 0 Å². The third-order valence-electron chi connectivity index (χ3n) is 0.844. The second-order valence-corrected chi connectivity index (χ2v) is 1.73. The van der Waals surface area contributed by atoms with Gasteiger partial charge in [-0.15, -0.1) is 0 Å². The predicted molar refractivity (Wildman–Crippen MR) is 27.6 cm³/mol. The molecule has 0 saturated carbocycles. The van der Waals surface area contributed by atoms with Crippen LogP contribution in [0.1, 0.15) is 6.92 Å². The zero-order valence-electron chi connectivity index (χ0n) is 4.46. The van der Waals surface area contributed by atoms with Crippen molar-refractivity contribution in [1.82, 2.24) is 0 Å². The average Bonchev–Trinajstić information content (AvgIpc) is 1.65. The summed E-state index contributed by atoms with van der Waals surface area (Å²) >= 11 is 0. The van der Waals surface area contributed by atoms with Crippen molar-refractivity contribution in [2.45, 2.75) is 13.0 Å². The van der Waals surface area contributed by atoms with Crippen molar-refractivity contribution in [2.75, 3.05) is 6.61 Å². The first kappa shape index (κ1) is 6.92. The van der Waals surface area contributed by atoms with E-state index < -0.39 is 6.10 Å². The van der Waals surface area contributed by atoms with E-state index in [1.807, 2.05) is 0 Å². The molecule has 2 nitrogen and oxygen atoms in total. The highest BCUT2D eigenvalue weighted by Crippen LogP contribution is 1.96. The SMILES string of the molecule is [CH2]C(C)C(O)CO. The lowest BCUT2D eigenvalue weighted by molar-refractivity contribution is 0.0676. The van der Waals surface area contributed by atoms with Gasteiger partial charge < -0.3 is 10.2 Å². The molecule has 0 aliphatic heterocycles. The van der Waals surface area contributed by atoms with Crippen molar-refractivity contribution in [3.63, 3.8) is 0 Å². The summed E-state index contributed by atoms with van der Waals surface area (Å²) in [5, 5.41) is 16.8. The van der Waals surface area contributed by atoms with Crippen molar-refractivity contribution >= 4 is 0 Å². The van der Waals surface area contributed by atoms with Gasteiger partial charge in [-0.3, -0.25) is 0 Å². The van der Waals surface area contributed by atoms with E-state index in [-0.39, 0.29) is 12.5 Å². The van der Waals surface area contributed by atoms with E-state index in [4.69, 9.17) is 10.2 Å². The second kappa shape index (κ2) is 2.99. The molecule has 0 bridgehead atoms. The van der Waals surface area contributed by atoms with Crippen LogP contribution in [0.4, 0.5) is 0 Å². The number of hydrogen-bond donors (Lipinski definition) is 2. The van der Waals surface area contributed by atoms with Crippen molar-refractivity contribution in [3.05, 3.63) is 6.92 Å². The van der Waals surface area contributed by atoms with Crippen molar-refractivity contribution in [3.8, 4) is 0 Å². The molecule has 7 heavy (non-hydrogen) atoms. The van der Waals surface area contributed by atoms with Gasteiger partial charge in [0.25, 0.3) is 0 Å². The highest BCUT2D eigenvalue weighted by atomic mass is 16.3. The number of hydrogen-bond acceptors (Lipinski definition) is 2. The molecule has 2 atom stereocenters. The van der Waals surface area contributed by atoms with Gasteiger partial charge in [0.2, 0.25) is 0 Å². The molecule has 0 aliphatic carbocycles. The van der Waals surface area contributed by atoms with Gasteiger partial charge in [-0.05, 0) is 12.8 Å². The van der Waals surface area contributed by atoms with E-state index in [1.54, 1.807) is 6.92 Å². The summed E-state index contributed by atoms with van der Waals surface area (Å²) < 4.78 is 0. The number of rotatable bonds is 2. The zero-order chi connectivity index (χ0) is 5.86. The minimum atomic E-state index is -0.653. The van der Waals surface area contributed by atoms with Crippen LogP contribution in [0.3, 0.4) is 0 Å². The Morgan fingerprint density at radius 2 is 2.14 bits per heavy atom. The van der Waals surface area contributed by atoms with Crippen LogP contribution in [0, 0.1) is 12.8 Å². The van der Waals surface area contributed by atoms with Gasteiger partial charge in [0.15, 0.2) is 0 Å². The van der Waals surface area contributed by atoms with E-state index >= 15 is 0 Å². The van der Waals surface area contributed by atoms with E-state index in [1.165, 1.54) is 0 Å². The smallest absolute Gasteiger partial charge is 0.0796 e. The monoisotopic (exact) mass is 103 g/mol. The maximum Gasteiger partial charge on any atom is 0.0796 e. The Balaban J connectivity index is 3.14. The van der Waals surface area contributed by atoms with Crippen molar-refractivity contribution < 1.29 is 10.2 Å². The van der Waals surface area contributed by atoms with E-state index in [0.29, 0.717) is 0 Å². The largest absolute Gasteiger partial charge is 0.394 e. The van der Waals surface area contributed by atoms with Crippen LogP contribution < -0.4 is 0 Å². The van der Waals surface area contributed by atoms with Gasteiger partial charge in [0, 0.05) is 0 Å². The van der Waals surface area contributed by atoms with Crippen molar-refractivity contribution in [2.24, 2.45) is 5.92 Å². The predicted octanol–water partition coefficient (Wildman–Crippen LogP) is -0.190. The quantitative estimate of drug-likeness (QED) is 0.508. The summed E-state index contributed by atoms with van der Waals surface area (Å²) in [6, 6.07) is 0. The van der Waals surface area contributed by atoms with Gasteiger partial charge in [-0.1, -0.05) is 6.92 Å². The molecule has 2 heteroatoms. The highest BCUT2D eigenvalue weighted by Gasteiger charge is 2.04. The minimum absolute atomic E-state index is 0.0787. The van der Waals surface area contributed by atoms with Crippen LogP contribution >= 0.6 is 0 Å². The Kier molecular flexibility index (Phi) is 2.96. The molecule has 0 aliphatic rings. The molecule has 0 aromatic rings. The fourth-order valence-corrected chi connectivity index (χ4v) is 0.180. The minimum Gasteiger partial charge on any atom is -0.394 e. The molecular formula is C5H11O2. The molecule has 1 radical (unpaired) electrons. The maximum atomic E-state index is 8.62. The topological polar surface area (TPSA) is 40.5 Å². The Morgan fingerprint density at radius 1 is 1.71 bits per heavy atom. The second-order valence-electron chi connectivity index (χ2n) is 1.73. The molecule has 0 fully saturated rings. The van der Waals surface area contributed by atoms with Gasteiger partial charge >= 0.3 is 0 Å². The van der Waals surface area contributed by atoms with E-state index in [0.717, 1.165) is 0 Å². The molecule has 0 rings (SSSR count). The van der Waals surface area contributed by atoms with Gasteiger partial charge in [0.05, 0.1) is 12.7 Å². The lowest BCUT2D eigenvalue weighted by Gasteiger charge is -2.08. The van der Waals surface area contributed by atoms with Crippen molar-refractivity contribution in [1.29, 1.82) is 0 Å². The first-order valence-corrected chi connectivity index (χ1v) is 2.30. The summed E-state index contributed by atoms with van der Waals surface area (Å²) in [7, 11) is 0. The van der Waals surface area contributed by atoms with Crippen LogP contribution in [0.2, 0.25) is 0 Å². The van der Waals surface area contributed by atoms with Gasteiger partial charge in [-0.25, -0.2) is 0 Å². The average molecular weight is 103 g/mol. The lowest BCUT2D eigenvalue weighted by atomic mass is 10.1. The summed E-state index contributed by atoms with van der Waals surface area (Å²) in [5.41, 5.74) is 0. The summed E-state index contributed by atoms with van der Waals surface area (Å²) in [5.74, 6) is -0.0787. The molecule has 0 spiro atoms. The van der Waals surface area contributed by atoms with Crippen LogP contribution in [0.25, 0.3) is 0 Å². The maximum absolute atomic E-state index is 8.62. The first-order valence-electron chi connectivity index (χ1n) is 2.30. The molecular weight excluding hydrogens is 92.1 g/mol. The molecule has 0 aromatic heterocycles. The Hall–Kier alpha value is -0.0800. The molecule has 0 amide bonds. The Bertz CT molecular complexity index is 43.3. The fraction of sp³-hybridized carbons (Fsp3) is 0.800. The molecule has 2 unspecified atom stereocenters. The summed E-state index contributed by atoms with van der Waals surface area (Å²) in [4.78, 5) is 0. The first-order chi connectivity index (χ1) is 3.18. The van der Waals surface area contributed by atoms with Crippen LogP contribution in [0.5, 0.6) is 0 Å². The number of aliphatic hydroxyl groups is 2. The van der Waals surface area contributed by atoms with Crippen LogP contribution in [0.15, 0.2) is 0 Å². The third-order valence-corrected chi connectivity index (χ3v) is 0.844. The number of aliphatic hydroxyl groups excluding tert-OH is 2.